The summed E-state index contributed by atoms with van der Waals surface area (Å²) in [6.45, 7) is 4.33. The van der Waals surface area contributed by atoms with Gasteiger partial charge in [-0.15, -0.1) is 0 Å². The van der Waals surface area contributed by atoms with Crippen LogP contribution < -0.4 is 10.8 Å². The third kappa shape index (κ3) is 6.53. The van der Waals surface area contributed by atoms with E-state index in [-0.39, 0.29) is 35.6 Å². The van der Waals surface area contributed by atoms with Crippen molar-refractivity contribution in [2.45, 2.75) is 82.9 Å². The van der Waals surface area contributed by atoms with Crippen LogP contribution >= 0.6 is 0 Å². The third-order valence-electron chi connectivity index (χ3n) is 9.74. The minimum atomic E-state index is -1.01. The first-order valence-electron chi connectivity index (χ1n) is 16.0. The van der Waals surface area contributed by atoms with E-state index in [2.05, 4.69) is 10.2 Å². The number of urea groups is 1. The van der Waals surface area contributed by atoms with Gasteiger partial charge in [0.25, 0.3) is 5.91 Å². The Morgan fingerprint density at radius 1 is 1.00 bits per heavy atom. The Balaban J connectivity index is 1.08. The summed E-state index contributed by atoms with van der Waals surface area (Å²) in [5, 5.41) is 13.2. The van der Waals surface area contributed by atoms with Crippen LogP contribution in [-0.2, 0) is 22.4 Å². The highest BCUT2D eigenvalue weighted by Crippen LogP contribution is 2.28. The second kappa shape index (κ2) is 13.1. The third-order valence-corrected chi connectivity index (χ3v) is 9.74. The standard InChI is InChI=1S/C33H42BN5O5/c1-22-17-23(18-27(34)30(22)40)19-29(31(41)38-20-37(21-38)25-8-3-2-4-9-25)44-33(43)36-14-12-26(13-15-36)39-16-11-24-7-5-6-10-28(24)35-32(39)42/h5-7,10,17-18,25-26,29,40H,2-4,8-9,11-16,19-21H2,1H3,(H,35,42). The summed E-state index contributed by atoms with van der Waals surface area (Å²) in [7, 11) is 6.01. The van der Waals surface area contributed by atoms with Gasteiger partial charge < -0.3 is 29.9 Å². The number of para-hydroxylation sites is 1. The van der Waals surface area contributed by atoms with Crippen molar-refractivity contribution in [1.82, 2.24) is 19.6 Å². The lowest BCUT2D eigenvalue weighted by molar-refractivity contribution is -0.161. The number of benzene rings is 2. The number of amides is 4. The van der Waals surface area contributed by atoms with Gasteiger partial charge in [0.2, 0.25) is 0 Å². The predicted molar refractivity (Wildman–Crippen MR) is 168 cm³/mol. The average Bonchev–Trinajstić information content (AvgIpc) is 3.17. The number of phenolic OH excluding ortho intramolecular Hbond substituents is 1. The highest BCUT2D eigenvalue weighted by atomic mass is 16.6. The number of aryl methyl sites for hydroxylation is 1. The lowest BCUT2D eigenvalue weighted by Crippen LogP contribution is -2.63. The van der Waals surface area contributed by atoms with Gasteiger partial charge >= 0.3 is 12.1 Å². The zero-order valence-corrected chi connectivity index (χ0v) is 25.5. The molecule has 0 bridgehead atoms. The molecular formula is C33H42BN5O5. The summed E-state index contributed by atoms with van der Waals surface area (Å²) >= 11 is 0. The molecule has 44 heavy (non-hydrogen) atoms. The predicted octanol–water partition coefficient (Wildman–Crippen LogP) is 3.49. The van der Waals surface area contributed by atoms with Gasteiger partial charge in [0.1, 0.15) is 13.6 Å². The van der Waals surface area contributed by atoms with Gasteiger partial charge in [0, 0.05) is 43.8 Å². The molecular weight excluding hydrogens is 557 g/mol. The number of carbonyl (C=O) groups is 3. The van der Waals surface area contributed by atoms with Crippen molar-refractivity contribution in [2.75, 3.05) is 38.3 Å². The number of hydrogen-bond acceptors (Lipinski definition) is 6. The normalized spacial score (nSPS) is 20.8. The van der Waals surface area contributed by atoms with E-state index < -0.39 is 12.2 Å². The van der Waals surface area contributed by atoms with E-state index in [0.29, 0.717) is 57.4 Å². The monoisotopic (exact) mass is 599 g/mol. The van der Waals surface area contributed by atoms with Gasteiger partial charge in [-0.2, -0.15) is 0 Å². The van der Waals surface area contributed by atoms with Gasteiger partial charge in [-0.3, -0.25) is 9.69 Å². The molecule has 4 amide bonds. The van der Waals surface area contributed by atoms with Crippen LogP contribution in [0.1, 0.15) is 61.6 Å². The van der Waals surface area contributed by atoms with Crippen molar-refractivity contribution < 1.29 is 24.2 Å². The van der Waals surface area contributed by atoms with E-state index in [1.54, 1.807) is 28.9 Å². The molecule has 0 spiro atoms. The van der Waals surface area contributed by atoms with Crippen LogP contribution in [0.25, 0.3) is 0 Å². The van der Waals surface area contributed by atoms with Gasteiger partial charge in [-0.05, 0) is 61.8 Å². The van der Waals surface area contributed by atoms with E-state index in [0.717, 1.165) is 36.1 Å². The number of anilines is 1. The first-order valence-corrected chi connectivity index (χ1v) is 16.0. The average molecular weight is 600 g/mol. The Labute approximate surface area is 260 Å². The number of aromatic hydroxyl groups is 1. The Hall–Kier alpha value is -3.73. The first kappa shape index (κ1) is 30.3. The summed E-state index contributed by atoms with van der Waals surface area (Å²) in [5.41, 5.74) is 3.53. The molecule has 1 atom stereocenters. The maximum absolute atomic E-state index is 13.7. The first-order chi connectivity index (χ1) is 21.3. The van der Waals surface area contributed by atoms with Crippen LogP contribution in [0.5, 0.6) is 5.75 Å². The summed E-state index contributed by atoms with van der Waals surface area (Å²) in [6, 6.07) is 11.7. The molecule has 2 saturated heterocycles. The fourth-order valence-corrected chi connectivity index (χ4v) is 7.11. The molecule has 1 aliphatic carbocycles. The van der Waals surface area contributed by atoms with E-state index in [9.17, 15) is 19.5 Å². The lowest BCUT2D eigenvalue weighted by atomic mass is 9.89. The summed E-state index contributed by atoms with van der Waals surface area (Å²) < 4.78 is 5.95. The minimum absolute atomic E-state index is 0.0144. The summed E-state index contributed by atoms with van der Waals surface area (Å²) in [5.74, 6) is -0.199. The molecule has 2 radical (unpaired) electrons. The molecule has 4 aliphatic rings. The SMILES string of the molecule is [B]c1cc(CC(OC(=O)N2CCC(N3CCc4ccccc4NC3=O)CC2)C(=O)N2CN(C3CCCCC3)C2)cc(C)c1O. The number of fused-ring (bicyclic) bond motifs is 1. The molecule has 0 aromatic heterocycles. The second-order valence-electron chi connectivity index (χ2n) is 12.7. The summed E-state index contributed by atoms with van der Waals surface area (Å²) in [6.07, 6.45) is 6.72. The molecule has 3 aliphatic heterocycles. The molecule has 2 N–H and O–H groups in total. The van der Waals surface area contributed by atoms with Crippen LogP contribution in [0, 0.1) is 6.92 Å². The van der Waals surface area contributed by atoms with Crippen molar-refractivity contribution in [3.05, 3.63) is 53.1 Å². The number of hydrogen-bond donors (Lipinski definition) is 2. The van der Waals surface area contributed by atoms with E-state index in [4.69, 9.17) is 12.6 Å². The number of carbonyl (C=O) groups excluding carboxylic acids is 3. The molecule has 2 aromatic rings. The molecule has 6 rings (SSSR count). The van der Waals surface area contributed by atoms with Crippen molar-refractivity contribution in [1.29, 1.82) is 0 Å². The van der Waals surface area contributed by atoms with Crippen LogP contribution in [0.15, 0.2) is 36.4 Å². The fourth-order valence-electron chi connectivity index (χ4n) is 7.11. The van der Waals surface area contributed by atoms with Crippen molar-refractivity contribution in [3.8, 4) is 5.75 Å². The highest BCUT2D eigenvalue weighted by Gasteiger charge is 2.39. The molecule has 11 heteroatoms. The molecule has 3 heterocycles. The maximum Gasteiger partial charge on any atom is 0.410 e. The van der Waals surface area contributed by atoms with Crippen molar-refractivity contribution >= 4 is 37.0 Å². The molecule has 10 nitrogen and oxygen atoms in total. The van der Waals surface area contributed by atoms with E-state index in [1.807, 2.05) is 29.2 Å². The number of rotatable bonds is 6. The van der Waals surface area contributed by atoms with E-state index in [1.165, 1.54) is 19.3 Å². The Kier molecular flexibility index (Phi) is 9.02. The maximum atomic E-state index is 13.7. The fraction of sp³-hybridized carbons (Fsp3) is 0.545. The number of phenols is 1. The topological polar surface area (TPSA) is 106 Å². The second-order valence-corrected chi connectivity index (χ2v) is 12.7. The quantitative estimate of drug-likeness (QED) is 0.493. The lowest BCUT2D eigenvalue weighted by Gasteiger charge is -2.48. The number of ether oxygens (including phenoxy) is 1. The van der Waals surface area contributed by atoms with Crippen LogP contribution in [-0.4, -0.2) is 102 Å². The molecule has 3 fully saturated rings. The van der Waals surface area contributed by atoms with Gasteiger partial charge in [0.05, 0.1) is 13.3 Å². The Morgan fingerprint density at radius 3 is 2.45 bits per heavy atom. The molecule has 1 unspecified atom stereocenters. The van der Waals surface area contributed by atoms with Crippen LogP contribution in [0.2, 0.25) is 0 Å². The largest absolute Gasteiger partial charge is 0.508 e. The molecule has 2 aromatic carbocycles. The number of nitrogens with zero attached hydrogens (tertiary/aromatic N) is 4. The minimum Gasteiger partial charge on any atom is -0.508 e. The van der Waals surface area contributed by atoms with Crippen molar-refractivity contribution in [3.63, 3.8) is 0 Å². The number of piperidine rings is 1. The highest BCUT2D eigenvalue weighted by molar-refractivity contribution is 6.34. The number of likely N-dealkylation sites (tertiary alicyclic amines) is 1. The van der Waals surface area contributed by atoms with Gasteiger partial charge in [-0.25, -0.2) is 9.59 Å². The van der Waals surface area contributed by atoms with Crippen LogP contribution in [0.3, 0.4) is 0 Å². The Bertz CT molecular complexity index is 1360. The van der Waals surface area contributed by atoms with E-state index >= 15 is 0 Å². The van der Waals surface area contributed by atoms with Crippen molar-refractivity contribution in [2.24, 2.45) is 0 Å². The molecule has 1 saturated carbocycles. The van der Waals surface area contributed by atoms with Gasteiger partial charge in [-0.1, -0.05) is 55.1 Å². The Morgan fingerprint density at radius 2 is 1.73 bits per heavy atom. The molecule has 232 valence electrons. The van der Waals surface area contributed by atoms with Crippen LogP contribution in [0.4, 0.5) is 15.3 Å². The zero-order chi connectivity index (χ0) is 30.8. The zero-order valence-electron chi connectivity index (χ0n) is 25.5. The number of nitrogens with one attached hydrogen (secondary N) is 1. The van der Waals surface area contributed by atoms with Gasteiger partial charge in [0.15, 0.2) is 6.10 Å². The summed E-state index contributed by atoms with van der Waals surface area (Å²) in [4.78, 5) is 47.8. The smallest absolute Gasteiger partial charge is 0.410 e.